The molecule has 0 saturated heterocycles. The van der Waals surface area contributed by atoms with Gasteiger partial charge in [0.1, 0.15) is 5.82 Å². The first-order chi connectivity index (χ1) is 8.35. The molecule has 0 aliphatic carbocycles. The van der Waals surface area contributed by atoms with E-state index in [1.807, 2.05) is 13.8 Å². The van der Waals surface area contributed by atoms with Crippen molar-refractivity contribution in [1.82, 2.24) is 0 Å². The summed E-state index contributed by atoms with van der Waals surface area (Å²) in [6.45, 7) is 3.86. The van der Waals surface area contributed by atoms with Crippen LogP contribution < -0.4 is 10.5 Å². The lowest BCUT2D eigenvalue weighted by atomic mass is 9.90. The molecule has 98 valence electrons. The van der Waals surface area contributed by atoms with E-state index in [0.717, 1.165) is 12.1 Å². The number of nitrogens with two attached hydrogens (primary N) is 1. The van der Waals surface area contributed by atoms with Crippen molar-refractivity contribution in [2.24, 2.45) is 5.41 Å². The van der Waals surface area contributed by atoms with Gasteiger partial charge in [-0.25, -0.2) is 8.78 Å². The second kappa shape index (κ2) is 5.67. The Bertz CT molecular complexity index is 467. The molecular formula is C13H16F2N2O. The van der Waals surface area contributed by atoms with Crippen LogP contribution in [0.4, 0.5) is 14.5 Å². The molecule has 5 heteroatoms. The van der Waals surface area contributed by atoms with Gasteiger partial charge < -0.3 is 10.5 Å². The van der Waals surface area contributed by atoms with Crippen LogP contribution in [0, 0.1) is 28.4 Å². The smallest absolute Gasteiger partial charge is 0.167 e. The standard InChI is InChI=1S/C13H16F2N2O/c1-13(2,8-16)4-3-5-18-12-7-9(14)11(17)6-10(12)15/h6-7H,3-5,17H2,1-2H3. The molecule has 0 aliphatic heterocycles. The minimum Gasteiger partial charge on any atom is -0.490 e. The Kier molecular flexibility index (Phi) is 4.49. The molecule has 0 aromatic heterocycles. The van der Waals surface area contributed by atoms with Gasteiger partial charge in [0.05, 0.1) is 23.8 Å². The van der Waals surface area contributed by atoms with Crippen molar-refractivity contribution >= 4 is 5.69 Å². The molecule has 0 heterocycles. The average molecular weight is 254 g/mol. The van der Waals surface area contributed by atoms with Crippen molar-refractivity contribution in [3.05, 3.63) is 23.8 Å². The van der Waals surface area contributed by atoms with Crippen molar-refractivity contribution < 1.29 is 13.5 Å². The van der Waals surface area contributed by atoms with Gasteiger partial charge in [-0.15, -0.1) is 0 Å². The summed E-state index contributed by atoms with van der Waals surface area (Å²) in [4.78, 5) is 0. The normalized spacial score (nSPS) is 11.1. The van der Waals surface area contributed by atoms with E-state index in [1.54, 1.807) is 0 Å². The monoisotopic (exact) mass is 254 g/mol. The van der Waals surface area contributed by atoms with Gasteiger partial charge in [0, 0.05) is 12.1 Å². The maximum absolute atomic E-state index is 13.3. The minimum absolute atomic E-state index is 0.156. The summed E-state index contributed by atoms with van der Waals surface area (Å²) < 4.78 is 31.6. The maximum atomic E-state index is 13.3. The zero-order chi connectivity index (χ0) is 13.8. The molecular weight excluding hydrogens is 238 g/mol. The van der Waals surface area contributed by atoms with Crippen LogP contribution in [0.25, 0.3) is 0 Å². The Hall–Kier alpha value is -1.83. The third kappa shape index (κ3) is 3.88. The van der Waals surface area contributed by atoms with Crippen LogP contribution in [-0.4, -0.2) is 6.61 Å². The first-order valence-electron chi connectivity index (χ1n) is 5.64. The lowest BCUT2D eigenvalue weighted by Gasteiger charge is -2.15. The van der Waals surface area contributed by atoms with Crippen molar-refractivity contribution in [2.75, 3.05) is 12.3 Å². The lowest BCUT2D eigenvalue weighted by molar-refractivity contribution is 0.272. The van der Waals surface area contributed by atoms with Crippen molar-refractivity contribution in [1.29, 1.82) is 5.26 Å². The Labute approximate surface area is 105 Å². The molecule has 3 nitrogen and oxygen atoms in total. The number of rotatable bonds is 5. The molecule has 18 heavy (non-hydrogen) atoms. The fourth-order valence-electron chi connectivity index (χ4n) is 1.41. The lowest BCUT2D eigenvalue weighted by Crippen LogP contribution is -2.10. The molecule has 0 bridgehead atoms. The van der Waals surface area contributed by atoms with Gasteiger partial charge in [0.15, 0.2) is 11.6 Å². The highest BCUT2D eigenvalue weighted by molar-refractivity contribution is 5.44. The third-order valence-electron chi connectivity index (χ3n) is 2.56. The molecule has 1 rings (SSSR count). The molecule has 0 saturated carbocycles. The number of nitrogens with zero attached hydrogens (tertiary/aromatic N) is 1. The number of nitrogen functional groups attached to an aromatic ring is 1. The number of hydrogen-bond acceptors (Lipinski definition) is 3. The Morgan fingerprint density at radius 2 is 2.00 bits per heavy atom. The van der Waals surface area contributed by atoms with Gasteiger partial charge >= 0.3 is 0 Å². The summed E-state index contributed by atoms with van der Waals surface area (Å²) in [5.41, 5.74) is 4.53. The molecule has 1 aromatic rings. The van der Waals surface area contributed by atoms with E-state index in [0.29, 0.717) is 12.8 Å². The fourth-order valence-corrected chi connectivity index (χ4v) is 1.41. The van der Waals surface area contributed by atoms with Crippen LogP contribution in [-0.2, 0) is 0 Å². The Morgan fingerprint density at radius 1 is 1.33 bits per heavy atom. The number of halogens is 2. The topological polar surface area (TPSA) is 59.0 Å². The number of ether oxygens (including phenoxy) is 1. The van der Waals surface area contributed by atoms with E-state index >= 15 is 0 Å². The second-order valence-electron chi connectivity index (χ2n) is 4.75. The highest BCUT2D eigenvalue weighted by Crippen LogP contribution is 2.24. The second-order valence-corrected chi connectivity index (χ2v) is 4.75. The van der Waals surface area contributed by atoms with Gasteiger partial charge in [0.25, 0.3) is 0 Å². The quantitative estimate of drug-likeness (QED) is 0.648. The van der Waals surface area contributed by atoms with Crippen LogP contribution in [0.15, 0.2) is 12.1 Å². The van der Waals surface area contributed by atoms with Gasteiger partial charge in [-0.2, -0.15) is 5.26 Å². The van der Waals surface area contributed by atoms with Gasteiger partial charge in [0.2, 0.25) is 0 Å². The highest BCUT2D eigenvalue weighted by Gasteiger charge is 2.16. The van der Waals surface area contributed by atoms with E-state index in [-0.39, 0.29) is 18.0 Å². The van der Waals surface area contributed by atoms with Crippen LogP contribution in [0.3, 0.4) is 0 Å². The zero-order valence-corrected chi connectivity index (χ0v) is 10.5. The number of anilines is 1. The van der Waals surface area contributed by atoms with Gasteiger partial charge in [-0.1, -0.05) is 0 Å². The zero-order valence-electron chi connectivity index (χ0n) is 10.5. The Morgan fingerprint density at radius 3 is 2.61 bits per heavy atom. The summed E-state index contributed by atoms with van der Waals surface area (Å²) in [6, 6.07) is 3.99. The van der Waals surface area contributed by atoms with Crippen molar-refractivity contribution in [3.8, 4) is 11.8 Å². The summed E-state index contributed by atoms with van der Waals surface area (Å²) in [6.07, 6.45) is 1.22. The summed E-state index contributed by atoms with van der Waals surface area (Å²) >= 11 is 0. The molecule has 0 atom stereocenters. The van der Waals surface area contributed by atoms with Crippen LogP contribution >= 0.6 is 0 Å². The molecule has 0 fully saturated rings. The minimum atomic E-state index is -0.705. The van der Waals surface area contributed by atoms with E-state index in [2.05, 4.69) is 6.07 Å². The molecule has 2 N–H and O–H groups in total. The summed E-state index contributed by atoms with van der Waals surface area (Å²) in [7, 11) is 0. The molecule has 0 radical (unpaired) electrons. The van der Waals surface area contributed by atoms with E-state index < -0.39 is 17.0 Å². The molecule has 0 aliphatic rings. The van der Waals surface area contributed by atoms with Crippen LogP contribution in [0.5, 0.6) is 5.75 Å². The number of hydrogen-bond donors (Lipinski definition) is 1. The van der Waals surface area contributed by atoms with Gasteiger partial charge in [-0.3, -0.25) is 0 Å². The summed E-state index contributed by atoms with van der Waals surface area (Å²) in [5.74, 6) is -1.55. The fraction of sp³-hybridized carbons (Fsp3) is 0.462. The maximum Gasteiger partial charge on any atom is 0.167 e. The Balaban J connectivity index is 2.50. The molecule has 0 spiro atoms. The van der Waals surface area contributed by atoms with Crippen molar-refractivity contribution in [2.45, 2.75) is 26.7 Å². The van der Waals surface area contributed by atoms with E-state index in [1.165, 1.54) is 0 Å². The van der Waals surface area contributed by atoms with E-state index in [4.69, 9.17) is 15.7 Å². The third-order valence-corrected chi connectivity index (χ3v) is 2.56. The first-order valence-corrected chi connectivity index (χ1v) is 5.64. The average Bonchev–Trinajstić information content (AvgIpc) is 2.31. The predicted octanol–water partition coefficient (Wildman–Crippen LogP) is 3.26. The van der Waals surface area contributed by atoms with Crippen LogP contribution in [0.1, 0.15) is 26.7 Å². The largest absolute Gasteiger partial charge is 0.490 e. The van der Waals surface area contributed by atoms with Crippen LogP contribution in [0.2, 0.25) is 0 Å². The first kappa shape index (κ1) is 14.2. The molecule has 0 unspecified atom stereocenters. The molecule has 1 aromatic carbocycles. The number of nitriles is 1. The van der Waals surface area contributed by atoms with E-state index in [9.17, 15) is 8.78 Å². The highest BCUT2D eigenvalue weighted by atomic mass is 19.1. The van der Waals surface area contributed by atoms with Crippen molar-refractivity contribution in [3.63, 3.8) is 0 Å². The predicted molar refractivity (Wildman–Crippen MR) is 64.9 cm³/mol. The molecule has 0 amide bonds. The van der Waals surface area contributed by atoms with Gasteiger partial charge in [-0.05, 0) is 26.7 Å². The SMILES string of the molecule is CC(C)(C#N)CCCOc1cc(F)c(N)cc1F. The summed E-state index contributed by atoms with van der Waals surface area (Å²) in [5, 5.41) is 8.81. The number of benzene rings is 1.